The van der Waals surface area contributed by atoms with E-state index in [2.05, 4.69) is 199 Å². The second-order valence-electron chi connectivity index (χ2n) is 14.5. The fourth-order valence-electron chi connectivity index (χ4n) is 7.73. The van der Waals surface area contributed by atoms with Crippen LogP contribution in [0.4, 0.5) is 0 Å². The van der Waals surface area contributed by atoms with Gasteiger partial charge in [-0.25, -0.2) is 4.98 Å². The highest BCUT2D eigenvalue weighted by Crippen LogP contribution is 2.15. The molecule has 0 radical (unpaired) electrons. The molecular formula is C50H55BN2Si. The molecule has 0 aliphatic heterocycles. The van der Waals surface area contributed by atoms with E-state index >= 15 is 0 Å². The second-order valence-corrected chi connectivity index (χ2v) is 18.3. The maximum atomic E-state index is 4.38. The molecule has 1 aromatic heterocycles. The molecule has 272 valence electrons. The Kier molecular flexibility index (Phi) is 14.5. The molecular weight excluding hydrogens is 667 g/mol. The Bertz CT molecular complexity index is 1880. The molecule has 0 unspecified atom stereocenters. The maximum Gasteiger partial charge on any atom is 0.241 e. The molecule has 2 nitrogen and oxygen atoms in total. The largest absolute Gasteiger partial charge is 0.339 e. The molecule has 7 rings (SSSR count). The van der Waals surface area contributed by atoms with Crippen LogP contribution in [0.1, 0.15) is 63.5 Å². The quantitative estimate of drug-likeness (QED) is 0.0558. The Labute approximate surface area is 326 Å². The van der Waals surface area contributed by atoms with Crippen molar-refractivity contribution in [3.05, 3.63) is 200 Å². The summed E-state index contributed by atoms with van der Waals surface area (Å²) in [6.45, 7) is 4.85. The predicted molar refractivity (Wildman–Crippen MR) is 237 cm³/mol. The van der Waals surface area contributed by atoms with E-state index in [0.29, 0.717) is 6.71 Å². The first-order valence-electron chi connectivity index (χ1n) is 20.1. The SMILES string of the molecule is CCCCCc1ccc([Si](Cn2ccnc2)(c2ccccc2)c2ccc(CCCCC)cc2)cc1.c1ccc(B(c2ccccc2)c2ccccc2)cc1. The molecule has 0 spiro atoms. The average Bonchev–Trinajstić information content (AvgIpc) is 3.76. The Morgan fingerprint density at radius 2 is 0.852 bits per heavy atom. The van der Waals surface area contributed by atoms with Gasteiger partial charge in [0.1, 0.15) is 0 Å². The number of benzene rings is 6. The molecule has 0 saturated heterocycles. The van der Waals surface area contributed by atoms with E-state index in [1.807, 2.05) is 12.5 Å². The third kappa shape index (κ3) is 10.1. The molecule has 0 fully saturated rings. The molecule has 0 amide bonds. The lowest BCUT2D eigenvalue weighted by atomic mass is 9.37. The molecule has 54 heavy (non-hydrogen) atoms. The van der Waals surface area contributed by atoms with E-state index in [1.54, 1.807) is 0 Å². The van der Waals surface area contributed by atoms with E-state index in [-0.39, 0.29) is 0 Å². The number of rotatable bonds is 16. The summed E-state index contributed by atoms with van der Waals surface area (Å²) in [4.78, 5) is 4.38. The average molecular weight is 723 g/mol. The lowest BCUT2D eigenvalue weighted by Crippen LogP contribution is -2.69. The summed E-state index contributed by atoms with van der Waals surface area (Å²) in [5.41, 5.74) is 6.90. The van der Waals surface area contributed by atoms with Crippen LogP contribution in [-0.2, 0) is 19.0 Å². The van der Waals surface area contributed by atoms with E-state index in [9.17, 15) is 0 Å². The lowest BCUT2D eigenvalue weighted by molar-refractivity contribution is 0.717. The van der Waals surface area contributed by atoms with Crippen LogP contribution >= 0.6 is 0 Å². The Balaban J connectivity index is 0.000000219. The van der Waals surface area contributed by atoms with Crippen molar-refractivity contribution in [2.75, 3.05) is 0 Å². The van der Waals surface area contributed by atoms with Gasteiger partial charge in [0, 0.05) is 18.6 Å². The monoisotopic (exact) mass is 722 g/mol. The molecule has 0 aliphatic rings. The van der Waals surface area contributed by atoms with Crippen molar-refractivity contribution < 1.29 is 0 Å². The van der Waals surface area contributed by atoms with E-state index in [0.717, 1.165) is 6.17 Å². The molecule has 1 heterocycles. The van der Waals surface area contributed by atoms with Crippen LogP contribution in [0.5, 0.6) is 0 Å². The summed E-state index contributed by atoms with van der Waals surface area (Å²) in [5, 5.41) is 4.39. The standard InChI is InChI=1S/C32H40N2Si.C18H15B/c1-3-5-8-12-28-16-20-31(21-17-28)35(27-34-25-24-33-26-34,30-14-10-7-11-15-30)32-22-18-29(19-23-32)13-9-6-4-2;1-4-10-16(11-5-1)19(17-12-6-2-7-13-17)18-14-8-3-9-15-18/h7,10-11,14-26H,3-6,8-9,12-13,27H2,1-2H3;1-15H. The van der Waals surface area contributed by atoms with Crippen molar-refractivity contribution in [1.29, 1.82) is 0 Å². The maximum absolute atomic E-state index is 4.38. The van der Waals surface area contributed by atoms with Crippen LogP contribution in [0, 0.1) is 0 Å². The Hall–Kier alpha value is -5.19. The van der Waals surface area contributed by atoms with Gasteiger partial charge in [0.25, 0.3) is 0 Å². The van der Waals surface area contributed by atoms with E-state index in [1.165, 1.54) is 94.4 Å². The second kappa shape index (κ2) is 20.3. The number of hydrogen-bond acceptors (Lipinski definition) is 1. The van der Waals surface area contributed by atoms with Crippen molar-refractivity contribution in [3.63, 3.8) is 0 Å². The van der Waals surface area contributed by atoms with Crippen molar-refractivity contribution in [2.45, 2.75) is 71.4 Å². The van der Waals surface area contributed by atoms with Crippen molar-refractivity contribution in [1.82, 2.24) is 9.55 Å². The van der Waals surface area contributed by atoms with Crippen LogP contribution < -0.4 is 31.9 Å². The number of unbranched alkanes of at least 4 members (excludes halogenated alkanes) is 4. The number of hydrogen-bond donors (Lipinski definition) is 0. The van der Waals surface area contributed by atoms with Crippen LogP contribution in [0.3, 0.4) is 0 Å². The van der Waals surface area contributed by atoms with Crippen molar-refractivity contribution in [3.8, 4) is 0 Å². The Morgan fingerprint density at radius 3 is 1.22 bits per heavy atom. The highest BCUT2D eigenvalue weighted by molar-refractivity contribution is 7.10. The highest BCUT2D eigenvalue weighted by Gasteiger charge is 2.40. The molecule has 0 aliphatic carbocycles. The van der Waals surface area contributed by atoms with Gasteiger partial charge in [-0.2, -0.15) is 0 Å². The minimum Gasteiger partial charge on any atom is -0.339 e. The summed E-state index contributed by atoms with van der Waals surface area (Å²) >= 11 is 0. The molecule has 0 bridgehead atoms. The minimum absolute atomic E-state index is 0.309. The first-order chi connectivity index (χ1) is 26.7. The van der Waals surface area contributed by atoms with Gasteiger partial charge in [-0.05, 0) is 52.4 Å². The van der Waals surface area contributed by atoms with Crippen molar-refractivity contribution >= 4 is 46.7 Å². The number of nitrogens with zero attached hydrogens (tertiary/aromatic N) is 2. The summed E-state index contributed by atoms with van der Waals surface area (Å²) in [5.74, 6) is 0. The highest BCUT2D eigenvalue weighted by atomic mass is 28.3. The van der Waals surface area contributed by atoms with Gasteiger partial charge in [0.2, 0.25) is 6.71 Å². The van der Waals surface area contributed by atoms with Crippen molar-refractivity contribution in [2.24, 2.45) is 0 Å². The summed E-state index contributed by atoms with van der Waals surface area (Å²) in [7, 11) is -2.33. The predicted octanol–water partition coefficient (Wildman–Crippen LogP) is 8.26. The summed E-state index contributed by atoms with van der Waals surface area (Å²) in [6.07, 6.45) is 16.9. The third-order valence-electron chi connectivity index (χ3n) is 10.7. The topological polar surface area (TPSA) is 17.8 Å². The minimum atomic E-state index is -2.33. The molecule has 0 N–H and O–H groups in total. The van der Waals surface area contributed by atoms with Gasteiger partial charge in [0.15, 0.2) is 8.07 Å². The number of imidazole rings is 1. The first-order valence-corrected chi connectivity index (χ1v) is 22.3. The van der Waals surface area contributed by atoms with E-state index in [4.69, 9.17) is 0 Å². The van der Waals surface area contributed by atoms with E-state index < -0.39 is 8.07 Å². The molecule has 0 saturated carbocycles. The van der Waals surface area contributed by atoms with Gasteiger partial charge in [-0.1, -0.05) is 226 Å². The molecule has 6 aromatic carbocycles. The molecule has 4 heteroatoms. The third-order valence-corrected chi connectivity index (χ3v) is 15.5. The van der Waals surface area contributed by atoms with Crippen LogP contribution in [0.25, 0.3) is 0 Å². The number of aryl methyl sites for hydroxylation is 2. The van der Waals surface area contributed by atoms with Crippen LogP contribution in [0.15, 0.2) is 189 Å². The van der Waals surface area contributed by atoms with Gasteiger partial charge in [-0.15, -0.1) is 0 Å². The normalized spacial score (nSPS) is 11.1. The molecule has 0 atom stereocenters. The van der Waals surface area contributed by atoms with Gasteiger partial charge in [0.05, 0.1) is 6.33 Å². The zero-order chi connectivity index (χ0) is 37.3. The summed E-state index contributed by atoms with van der Waals surface area (Å²) in [6, 6.07) is 62.4. The smallest absolute Gasteiger partial charge is 0.241 e. The zero-order valence-electron chi connectivity index (χ0n) is 32.2. The van der Waals surface area contributed by atoms with Gasteiger partial charge in [-0.3, -0.25) is 0 Å². The van der Waals surface area contributed by atoms with Crippen LogP contribution in [-0.4, -0.2) is 24.3 Å². The zero-order valence-corrected chi connectivity index (χ0v) is 33.2. The van der Waals surface area contributed by atoms with Gasteiger partial charge < -0.3 is 4.57 Å². The lowest BCUT2D eigenvalue weighted by Gasteiger charge is -2.34. The van der Waals surface area contributed by atoms with Crippen LogP contribution in [0.2, 0.25) is 0 Å². The number of aromatic nitrogens is 2. The fraction of sp³-hybridized carbons (Fsp3) is 0.220. The molecule has 7 aromatic rings. The fourth-order valence-corrected chi connectivity index (χ4v) is 12.2. The first kappa shape index (κ1) is 38.5. The summed E-state index contributed by atoms with van der Waals surface area (Å²) < 4.78 is 2.28. The van der Waals surface area contributed by atoms with Gasteiger partial charge >= 0.3 is 0 Å². The Morgan fingerprint density at radius 1 is 0.463 bits per heavy atom.